The van der Waals surface area contributed by atoms with Gasteiger partial charge in [-0.25, -0.2) is 4.39 Å². The average molecular weight is 291 g/mol. The molecule has 108 valence electrons. The van der Waals surface area contributed by atoms with Crippen molar-refractivity contribution in [1.82, 2.24) is 5.43 Å². The molecular weight excluding hydrogens is 271 g/mol. The molecule has 1 atom stereocenters. The molecule has 0 saturated carbocycles. The van der Waals surface area contributed by atoms with Gasteiger partial charge in [0, 0.05) is 24.8 Å². The summed E-state index contributed by atoms with van der Waals surface area (Å²) in [7, 11) is 1.62. The van der Waals surface area contributed by atoms with Crippen molar-refractivity contribution in [3.05, 3.63) is 34.6 Å². The number of rotatable bonds is 9. The smallest absolute Gasteiger partial charge is 0.127 e. The molecule has 1 aromatic rings. The number of nitrogens with one attached hydrogen (secondary N) is 1. The van der Waals surface area contributed by atoms with Crippen molar-refractivity contribution in [2.24, 2.45) is 5.84 Å². The van der Waals surface area contributed by atoms with Gasteiger partial charge in [0.15, 0.2) is 0 Å². The number of benzene rings is 1. The summed E-state index contributed by atoms with van der Waals surface area (Å²) < 4.78 is 23.9. The van der Waals surface area contributed by atoms with Gasteiger partial charge in [0.05, 0.1) is 13.2 Å². The fourth-order valence-corrected chi connectivity index (χ4v) is 1.83. The average Bonchev–Trinajstić information content (AvgIpc) is 2.39. The molecule has 1 unspecified atom stereocenters. The molecule has 0 spiro atoms. The lowest BCUT2D eigenvalue weighted by Gasteiger charge is -2.16. The topological polar surface area (TPSA) is 56.5 Å². The Hall–Kier alpha value is -0.720. The molecule has 6 heteroatoms. The molecule has 0 bridgehead atoms. The Morgan fingerprint density at radius 1 is 1.37 bits per heavy atom. The van der Waals surface area contributed by atoms with Crippen molar-refractivity contribution < 1.29 is 13.9 Å². The van der Waals surface area contributed by atoms with Gasteiger partial charge in [-0.2, -0.15) is 0 Å². The van der Waals surface area contributed by atoms with Gasteiger partial charge >= 0.3 is 0 Å². The van der Waals surface area contributed by atoms with Crippen LogP contribution in [0.15, 0.2) is 18.2 Å². The van der Waals surface area contributed by atoms with E-state index in [9.17, 15) is 4.39 Å². The van der Waals surface area contributed by atoms with Crippen LogP contribution in [-0.4, -0.2) is 33.0 Å². The van der Waals surface area contributed by atoms with E-state index in [0.29, 0.717) is 43.2 Å². The Morgan fingerprint density at radius 2 is 2.16 bits per heavy atom. The SMILES string of the molecule is COCCOCCC(Cc1ccc(Cl)cc1F)NN. The number of hydrogen-bond donors (Lipinski definition) is 2. The van der Waals surface area contributed by atoms with Crippen molar-refractivity contribution in [2.45, 2.75) is 18.9 Å². The Kier molecular flexibility index (Phi) is 7.93. The van der Waals surface area contributed by atoms with Gasteiger partial charge in [-0.15, -0.1) is 0 Å². The van der Waals surface area contributed by atoms with E-state index in [-0.39, 0.29) is 11.9 Å². The monoisotopic (exact) mass is 290 g/mol. The first-order chi connectivity index (χ1) is 9.17. The maximum atomic E-state index is 13.6. The van der Waals surface area contributed by atoms with Crippen LogP contribution in [0.4, 0.5) is 4.39 Å². The Labute approximate surface area is 118 Å². The summed E-state index contributed by atoms with van der Waals surface area (Å²) >= 11 is 5.71. The van der Waals surface area contributed by atoms with Gasteiger partial charge in [0.2, 0.25) is 0 Å². The van der Waals surface area contributed by atoms with Crippen molar-refractivity contribution in [3.63, 3.8) is 0 Å². The van der Waals surface area contributed by atoms with Gasteiger partial charge in [-0.3, -0.25) is 11.3 Å². The maximum Gasteiger partial charge on any atom is 0.127 e. The van der Waals surface area contributed by atoms with E-state index in [1.54, 1.807) is 19.2 Å². The molecule has 0 aliphatic heterocycles. The maximum absolute atomic E-state index is 13.6. The molecule has 1 rings (SSSR count). The molecule has 19 heavy (non-hydrogen) atoms. The van der Waals surface area contributed by atoms with Gasteiger partial charge in [-0.1, -0.05) is 17.7 Å². The van der Waals surface area contributed by atoms with Crippen LogP contribution in [0, 0.1) is 5.82 Å². The van der Waals surface area contributed by atoms with E-state index in [2.05, 4.69) is 5.43 Å². The van der Waals surface area contributed by atoms with Crippen molar-refractivity contribution >= 4 is 11.6 Å². The lowest BCUT2D eigenvalue weighted by atomic mass is 10.0. The lowest BCUT2D eigenvalue weighted by molar-refractivity contribution is 0.0658. The minimum Gasteiger partial charge on any atom is -0.382 e. The second-order valence-electron chi connectivity index (χ2n) is 4.20. The zero-order chi connectivity index (χ0) is 14.1. The van der Waals surface area contributed by atoms with E-state index < -0.39 is 0 Å². The Morgan fingerprint density at radius 3 is 2.79 bits per heavy atom. The number of methoxy groups -OCH3 is 1. The second-order valence-corrected chi connectivity index (χ2v) is 4.63. The quantitative estimate of drug-likeness (QED) is 0.414. The number of hydrogen-bond acceptors (Lipinski definition) is 4. The van der Waals surface area contributed by atoms with E-state index in [4.69, 9.17) is 26.9 Å². The predicted octanol–water partition coefficient (Wildman–Crippen LogP) is 1.91. The molecule has 0 aliphatic rings. The van der Waals surface area contributed by atoms with E-state index in [0.717, 1.165) is 0 Å². The minimum atomic E-state index is -0.312. The number of ether oxygens (including phenoxy) is 2. The molecule has 1 aromatic carbocycles. The highest BCUT2D eigenvalue weighted by Gasteiger charge is 2.11. The molecule has 0 saturated heterocycles. The molecule has 0 heterocycles. The number of halogens is 2. The zero-order valence-corrected chi connectivity index (χ0v) is 11.8. The van der Waals surface area contributed by atoms with Crippen molar-refractivity contribution in [3.8, 4) is 0 Å². The first-order valence-electron chi connectivity index (χ1n) is 6.14. The summed E-state index contributed by atoms with van der Waals surface area (Å²) in [4.78, 5) is 0. The zero-order valence-electron chi connectivity index (χ0n) is 11.0. The van der Waals surface area contributed by atoms with Crippen LogP contribution in [0.1, 0.15) is 12.0 Å². The van der Waals surface area contributed by atoms with Gasteiger partial charge in [0.25, 0.3) is 0 Å². The molecule has 0 aliphatic carbocycles. The van der Waals surface area contributed by atoms with Crippen LogP contribution >= 0.6 is 11.6 Å². The number of hydrazine groups is 1. The number of nitrogens with two attached hydrogens (primary N) is 1. The highest BCUT2D eigenvalue weighted by molar-refractivity contribution is 6.30. The normalized spacial score (nSPS) is 12.6. The van der Waals surface area contributed by atoms with E-state index in [1.807, 2.05) is 0 Å². The van der Waals surface area contributed by atoms with Gasteiger partial charge < -0.3 is 9.47 Å². The summed E-state index contributed by atoms with van der Waals surface area (Å²) in [5, 5.41) is 0.390. The van der Waals surface area contributed by atoms with Gasteiger partial charge in [0.1, 0.15) is 5.82 Å². The molecule has 3 N–H and O–H groups in total. The van der Waals surface area contributed by atoms with E-state index in [1.165, 1.54) is 6.07 Å². The third-order valence-corrected chi connectivity index (χ3v) is 2.99. The first-order valence-corrected chi connectivity index (χ1v) is 6.52. The minimum absolute atomic E-state index is 0.0433. The standard InChI is InChI=1S/C13H20ClFN2O2/c1-18-6-7-19-5-4-12(17-16)8-10-2-3-11(14)9-13(10)15/h2-3,9,12,17H,4-8,16H2,1H3. The molecule has 0 aromatic heterocycles. The fourth-order valence-electron chi connectivity index (χ4n) is 1.67. The van der Waals surface area contributed by atoms with Crippen molar-refractivity contribution in [1.29, 1.82) is 0 Å². The highest BCUT2D eigenvalue weighted by Crippen LogP contribution is 2.16. The highest BCUT2D eigenvalue weighted by atomic mass is 35.5. The van der Waals surface area contributed by atoms with Crippen molar-refractivity contribution in [2.75, 3.05) is 26.9 Å². The third-order valence-electron chi connectivity index (χ3n) is 2.76. The third kappa shape index (κ3) is 6.31. The van der Waals surface area contributed by atoms with Crippen LogP contribution in [0.2, 0.25) is 5.02 Å². The van der Waals surface area contributed by atoms with Crippen LogP contribution in [-0.2, 0) is 15.9 Å². The van der Waals surface area contributed by atoms with E-state index >= 15 is 0 Å². The molecular formula is C13H20ClFN2O2. The van der Waals surface area contributed by atoms with Crippen LogP contribution < -0.4 is 11.3 Å². The summed E-state index contributed by atoms with van der Waals surface area (Å²) in [5.74, 6) is 5.15. The van der Waals surface area contributed by atoms with Gasteiger partial charge in [-0.05, 0) is 30.5 Å². The van der Waals surface area contributed by atoms with Crippen LogP contribution in [0.3, 0.4) is 0 Å². The molecule has 0 amide bonds. The van der Waals surface area contributed by atoms with Crippen LogP contribution in [0.25, 0.3) is 0 Å². The molecule has 0 fully saturated rings. The molecule has 0 radical (unpaired) electrons. The summed E-state index contributed by atoms with van der Waals surface area (Å²) in [5.41, 5.74) is 3.26. The summed E-state index contributed by atoms with van der Waals surface area (Å²) in [6.45, 7) is 1.66. The largest absolute Gasteiger partial charge is 0.382 e. The summed E-state index contributed by atoms with van der Waals surface area (Å²) in [6.07, 6.45) is 1.19. The Bertz CT molecular complexity index is 380. The van der Waals surface area contributed by atoms with Crippen LogP contribution in [0.5, 0.6) is 0 Å². The first kappa shape index (κ1) is 16.3. The molecule has 4 nitrogen and oxygen atoms in total. The Balaban J connectivity index is 2.39. The lowest BCUT2D eigenvalue weighted by Crippen LogP contribution is -2.38. The second kappa shape index (κ2) is 9.23. The summed E-state index contributed by atoms with van der Waals surface area (Å²) in [6, 6.07) is 4.61. The predicted molar refractivity (Wildman–Crippen MR) is 73.5 cm³/mol. The fraction of sp³-hybridized carbons (Fsp3) is 0.538.